The van der Waals surface area contributed by atoms with Crippen LogP contribution in [-0.2, 0) is 9.53 Å². The molecule has 2 N–H and O–H groups in total. The fraction of sp³-hybridized carbons (Fsp3) is 0.833. The Bertz CT molecular complexity index is 485. The van der Waals surface area contributed by atoms with Gasteiger partial charge in [-0.1, -0.05) is 34.6 Å². The summed E-state index contributed by atoms with van der Waals surface area (Å²) in [4.78, 5) is 38.0. The van der Waals surface area contributed by atoms with Crippen LogP contribution in [-0.4, -0.2) is 48.7 Å². The van der Waals surface area contributed by atoms with Gasteiger partial charge >= 0.3 is 12.1 Å². The van der Waals surface area contributed by atoms with Crippen molar-refractivity contribution in [1.29, 1.82) is 0 Å². The quantitative estimate of drug-likeness (QED) is 0.735. The SMILES string of the molecule is CCOC(=O)NC(CC(C)C)CN1C(=O)NCC(CC(C)(C)C)C1=O. The van der Waals surface area contributed by atoms with Gasteiger partial charge in [-0.15, -0.1) is 0 Å². The normalized spacial score (nSPS) is 19.6. The second-order valence-electron chi connectivity index (χ2n) is 8.29. The van der Waals surface area contributed by atoms with Gasteiger partial charge in [0.2, 0.25) is 5.91 Å². The Morgan fingerprint density at radius 1 is 1.36 bits per heavy atom. The third kappa shape index (κ3) is 7.32. The molecule has 0 aliphatic carbocycles. The van der Waals surface area contributed by atoms with E-state index in [1.165, 1.54) is 4.90 Å². The van der Waals surface area contributed by atoms with Crippen molar-refractivity contribution < 1.29 is 19.1 Å². The van der Waals surface area contributed by atoms with Crippen molar-refractivity contribution in [2.24, 2.45) is 17.3 Å². The molecule has 0 radical (unpaired) electrons. The summed E-state index contributed by atoms with van der Waals surface area (Å²) >= 11 is 0. The summed E-state index contributed by atoms with van der Waals surface area (Å²) < 4.78 is 4.93. The minimum Gasteiger partial charge on any atom is -0.450 e. The summed E-state index contributed by atoms with van der Waals surface area (Å²) in [6.45, 7) is 12.8. The maximum atomic E-state index is 12.8. The van der Waals surface area contributed by atoms with Crippen LogP contribution in [0.1, 0.15) is 54.4 Å². The number of carbonyl (C=O) groups excluding carboxylic acids is 3. The van der Waals surface area contributed by atoms with E-state index >= 15 is 0 Å². The molecule has 1 rings (SSSR count). The Labute approximate surface area is 150 Å². The number of hydrogen-bond donors (Lipinski definition) is 2. The number of urea groups is 1. The van der Waals surface area contributed by atoms with Gasteiger partial charge in [-0.2, -0.15) is 0 Å². The van der Waals surface area contributed by atoms with Gasteiger partial charge in [-0.3, -0.25) is 9.69 Å². The first-order chi connectivity index (χ1) is 11.5. The van der Waals surface area contributed by atoms with Gasteiger partial charge in [0, 0.05) is 6.54 Å². The van der Waals surface area contributed by atoms with E-state index in [9.17, 15) is 14.4 Å². The zero-order valence-corrected chi connectivity index (χ0v) is 16.3. The molecule has 0 aromatic heterocycles. The minimum absolute atomic E-state index is 0.00538. The van der Waals surface area contributed by atoms with E-state index in [-0.39, 0.29) is 36.4 Å². The van der Waals surface area contributed by atoms with E-state index in [2.05, 4.69) is 31.4 Å². The molecule has 7 nitrogen and oxygen atoms in total. The monoisotopic (exact) mass is 355 g/mol. The number of ether oxygens (including phenoxy) is 1. The van der Waals surface area contributed by atoms with Crippen LogP contribution in [0.25, 0.3) is 0 Å². The average Bonchev–Trinajstić information content (AvgIpc) is 2.44. The minimum atomic E-state index is -0.524. The van der Waals surface area contributed by atoms with E-state index in [1.807, 2.05) is 13.8 Å². The number of carbonyl (C=O) groups is 3. The second-order valence-corrected chi connectivity index (χ2v) is 8.29. The zero-order chi connectivity index (χ0) is 19.2. The van der Waals surface area contributed by atoms with Gasteiger partial charge in [0.15, 0.2) is 0 Å². The number of amides is 4. The van der Waals surface area contributed by atoms with Crippen LogP contribution >= 0.6 is 0 Å². The number of alkyl carbamates (subject to hydrolysis) is 1. The van der Waals surface area contributed by atoms with Gasteiger partial charge in [0.05, 0.1) is 25.1 Å². The lowest BCUT2D eigenvalue weighted by Gasteiger charge is -2.36. The van der Waals surface area contributed by atoms with Crippen molar-refractivity contribution in [2.45, 2.75) is 60.4 Å². The Morgan fingerprint density at radius 2 is 2.00 bits per heavy atom. The van der Waals surface area contributed by atoms with Gasteiger partial charge in [-0.25, -0.2) is 9.59 Å². The fourth-order valence-corrected chi connectivity index (χ4v) is 3.09. The smallest absolute Gasteiger partial charge is 0.407 e. The first-order valence-electron chi connectivity index (χ1n) is 9.06. The highest BCUT2D eigenvalue weighted by molar-refractivity contribution is 5.98. The molecule has 0 bridgehead atoms. The summed E-state index contributed by atoms with van der Waals surface area (Å²) in [6.07, 6.45) is 0.826. The van der Waals surface area contributed by atoms with Crippen LogP contribution in [0.4, 0.5) is 9.59 Å². The molecule has 1 fully saturated rings. The first-order valence-corrected chi connectivity index (χ1v) is 9.06. The second kappa shape index (κ2) is 9.06. The van der Waals surface area contributed by atoms with Gasteiger partial charge in [0.1, 0.15) is 0 Å². The molecular weight excluding hydrogens is 322 g/mol. The van der Waals surface area contributed by atoms with Crippen LogP contribution in [0.15, 0.2) is 0 Å². The maximum absolute atomic E-state index is 12.8. The zero-order valence-electron chi connectivity index (χ0n) is 16.3. The fourth-order valence-electron chi connectivity index (χ4n) is 3.09. The number of hydrogen-bond acceptors (Lipinski definition) is 4. The summed E-state index contributed by atoms with van der Waals surface area (Å²) in [7, 11) is 0. The summed E-state index contributed by atoms with van der Waals surface area (Å²) in [5, 5.41) is 5.56. The van der Waals surface area contributed by atoms with Crippen molar-refractivity contribution in [3.63, 3.8) is 0 Å². The standard InChI is InChI=1S/C18H33N3O4/c1-7-25-17(24)20-14(8-12(2)3)11-21-15(22)13(9-18(4,5)6)10-19-16(21)23/h12-14H,7-11H2,1-6H3,(H,19,23)(H,20,24). The topological polar surface area (TPSA) is 87.7 Å². The number of imide groups is 1. The van der Waals surface area contributed by atoms with Crippen LogP contribution in [0.2, 0.25) is 0 Å². The van der Waals surface area contributed by atoms with Crippen molar-refractivity contribution in [2.75, 3.05) is 19.7 Å². The van der Waals surface area contributed by atoms with Crippen LogP contribution < -0.4 is 10.6 Å². The van der Waals surface area contributed by atoms with E-state index in [0.717, 1.165) is 0 Å². The Hall–Kier alpha value is -1.79. The molecule has 0 saturated carbocycles. The van der Waals surface area contributed by atoms with E-state index < -0.39 is 12.1 Å². The molecule has 2 unspecified atom stereocenters. The van der Waals surface area contributed by atoms with Crippen molar-refractivity contribution in [1.82, 2.24) is 15.5 Å². The predicted octanol–water partition coefficient (Wildman–Crippen LogP) is 2.75. The predicted molar refractivity (Wildman–Crippen MR) is 96.1 cm³/mol. The number of rotatable bonds is 7. The molecule has 0 aromatic rings. The van der Waals surface area contributed by atoms with E-state index in [1.54, 1.807) is 6.92 Å². The van der Waals surface area contributed by atoms with E-state index in [0.29, 0.717) is 25.3 Å². The Balaban J connectivity index is 2.82. The largest absolute Gasteiger partial charge is 0.450 e. The van der Waals surface area contributed by atoms with E-state index in [4.69, 9.17) is 4.74 Å². The van der Waals surface area contributed by atoms with Crippen LogP contribution in [0.5, 0.6) is 0 Å². The average molecular weight is 355 g/mol. The molecule has 4 amide bonds. The van der Waals surface area contributed by atoms with Crippen LogP contribution in [0, 0.1) is 17.3 Å². The van der Waals surface area contributed by atoms with Crippen LogP contribution in [0.3, 0.4) is 0 Å². The summed E-state index contributed by atoms with van der Waals surface area (Å²) in [6, 6.07) is -0.725. The summed E-state index contributed by atoms with van der Waals surface area (Å²) in [5.74, 6) is -0.0988. The van der Waals surface area contributed by atoms with Crippen molar-refractivity contribution >= 4 is 18.0 Å². The number of nitrogens with zero attached hydrogens (tertiary/aromatic N) is 1. The Morgan fingerprint density at radius 3 is 2.52 bits per heavy atom. The molecule has 25 heavy (non-hydrogen) atoms. The molecule has 1 aliphatic rings. The molecule has 1 heterocycles. The number of nitrogens with one attached hydrogen (secondary N) is 2. The lowest BCUT2D eigenvalue weighted by atomic mass is 9.83. The summed E-state index contributed by atoms with van der Waals surface area (Å²) in [5.41, 5.74) is -0.00538. The third-order valence-corrected chi connectivity index (χ3v) is 3.98. The maximum Gasteiger partial charge on any atom is 0.407 e. The highest BCUT2D eigenvalue weighted by atomic mass is 16.5. The van der Waals surface area contributed by atoms with Gasteiger partial charge in [-0.05, 0) is 31.1 Å². The molecular formula is C18H33N3O4. The third-order valence-electron chi connectivity index (χ3n) is 3.98. The Kier molecular flexibility index (Phi) is 7.70. The molecule has 144 valence electrons. The van der Waals surface area contributed by atoms with Crippen molar-refractivity contribution in [3.05, 3.63) is 0 Å². The molecule has 0 aromatic carbocycles. The molecule has 2 atom stereocenters. The molecule has 1 aliphatic heterocycles. The highest BCUT2D eigenvalue weighted by Gasteiger charge is 2.37. The van der Waals surface area contributed by atoms with Gasteiger partial charge < -0.3 is 15.4 Å². The molecule has 0 spiro atoms. The molecule has 7 heteroatoms. The molecule has 1 saturated heterocycles. The highest BCUT2D eigenvalue weighted by Crippen LogP contribution is 2.27. The lowest BCUT2D eigenvalue weighted by Crippen LogP contribution is -2.58. The first kappa shape index (κ1) is 21.3. The van der Waals surface area contributed by atoms with Crippen molar-refractivity contribution in [3.8, 4) is 0 Å². The lowest BCUT2D eigenvalue weighted by molar-refractivity contribution is -0.135. The van der Waals surface area contributed by atoms with Gasteiger partial charge in [0.25, 0.3) is 0 Å².